The van der Waals surface area contributed by atoms with Crippen molar-refractivity contribution in [1.29, 1.82) is 0 Å². The fraction of sp³-hybridized carbons (Fsp3) is 0.375. The molecular weight excluding hydrogens is 461 g/mol. The highest BCUT2D eigenvalue weighted by Gasteiger charge is 2.40. The predicted octanol–water partition coefficient (Wildman–Crippen LogP) is 2.69. The molecule has 1 aliphatic rings. The van der Waals surface area contributed by atoms with Crippen LogP contribution in [0.5, 0.6) is 0 Å². The molecular formula is C24H28FN3O5S. The summed E-state index contributed by atoms with van der Waals surface area (Å²) in [6.45, 7) is 5.14. The third kappa shape index (κ3) is 5.44. The molecule has 0 bridgehead atoms. The van der Waals surface area contributed by atoms with Crippen molar-refractivity contribution in [1.82, 2.24) is 14.5 Å². The topological polar surface area (TPSA) is 104 Å². The van der Waals surface area contributed by atoms with Crippen molar-refractivity contribution < 1.29 is 27.2 Å². The molecule has 10 heteroatoms. The lowest BCUT2D eigenvalue weighted by atomic mass is 10.1. The highest BCUT2D eigenvalue weighted by molar-refractivity contribution is 7.90. The van der Waals surface area contributed by atoms with Crippen LogP contribution in [-0.2, 0) is 26.2 Å². The molecule has 2 aromatic rings. The van der Waals surface area contributed by atoms with E-state index in [0.29, 0.717) is 5.56 Å². The first kappa shape index (κ1) is 25.4. The first-order chi connectivity index (χ1) is 16.0. The van der Waals surface area contributed by atoms with Gasteiger partial charge in [0.2, 0.25) is 11.8 Å². The number of carbonyl (C=O) groups is 3. The molecule has 3 amide bonds. The van der Waals surface area contributed by atoms with Crippen LogP contribution in [0.15, 0.2) is 53.4 Å². The number of benzene rings is 2. The third-order valence-corrected chi connectivity index (χ3v) is 7.37. The zero-order valence-electron chi connectivity index (χ0n) is 19.3. The van der Waals surface area contributed by atoms with Gasteiger partial charge >= 0.3 is 0 Å². The van der Waals surface area contributed by atoms with E-state index in [-0.39, 0.29) is 54.2 Å². The third-order valence-electron chi connectivity index (χ3n) is 5.53. The molecule has 8 nitrogen and oxygen atoms in total. The Morgan fingerprint density at radius 1 is 1.06 bits per heavy atom. The van der Waals surface area contributed by atoms with Gasteiger partial charge in [0.15, 0.2) is 0 Å². The van der Waals surface area contributed by atoms with E-state index < -0.39 is 27.8 Å². The number of carbonyl (C=O) groups excluding carboxylic acids is 3. The van der Waals surface area contributed by atoms with Crippen molar-refractivity contribution in [3.63, 3.8) is 0 Å². The molecule has 0 radical (unpaired) electrons. The maximum Gasteiger partial charge on any atom is 0.269 e. The van der Waals surface area contributed by atoms with Crippen molar-refractivity contribution in [2.24, 2.45) is 0 Å². The first-order valence-electron chi connectivity index (χ1n) is 11.0. The molecule has 0 fully saturated rings. The molecule has 0 aliphatic carbocycles. The summed E-state index contributed by atoms with van der Waals surface area (Å²) in [5, 5.41) is 2.78. The van der Waals surface area contributed by atoms with E-state index >= 15 is 0 Å². The van der Waals surface area contributed by atoms with Crippen LogP contribution in [0, 0.1) is 5.82 Å². The van der Waals surface area contributed by atoms with E-state index in [4.69, 9.17) is 0 Å². The van der Waals surface area contributed by atoms with Crippen molar-refractivity contribution >= 4 is 27.7 Å². The van der Waals surface area contributed by atoms with Gasteiger partial charge in [-0.25, -0.2) is 17.1 Å². The molecule has 1 N–H and O–H groups in total. The Labute approximate surface area is 198 Å². The maximum atomic E-state index is 13.3. The second kappa shape index (κ2) is 10.3. The van der Waals surface area contributed by atoms with Gasteiger partial charge in [0.05, 0.1) is 5.56 Å². The molecule has 0 saturated carbocycles. The summed E-state index contributed by atoms with van der Waals surface area (Å²) in [6, 6.07) is 10.7. The van der Waals surface area contributed by atoms with E-state index in [1.807, 2.05) is 13.8 Å². The lowest BCUT2D eigenvalue weighted by molar-refractivity contribution is -0.140. The fourth-order valence-electron chi connectivity index (χ4n) is 3.74. The predicted molar refractivity (Wildman–Crippen MR) is 124 cm³/mol. The standard InChI is InChI=1S/C24H28FN3O5S/c1-16(2)26-23(30)17(3)27(15-18-10-12-19(25)13-11-18)22(29)9-6-14-28-24(31)20-7-4-5-8-21(20)34(28,32)33/h4-5,7-8,10-13,16-17H,6,9,14-15H2,1-3H3,(H,26,30)/t17-/m0/s1. The Hall–Kier alpha value is -3.27. The van der Waals surface area contributed by atoms with Crippen LogP contribution in [0.1, 0.15) is 49.5 Å². The minimum Gasteiger partial charge on any atom is -0.352 e. The number of nitrogens with one attached hydrogen (secondary N) is 1. The molecule has 0 unspecified atom stereocenters. The van der Waals surface area contributed by atoms with E-state index in [1.54, 1.807) is 19.1 Å². The summed E-state index contributed by atoms with van der Waals surface area (Å²) in [6.07, 6.45) is 0.0202. The van der Waals surface area contributed by atoms with Gasteiger partial charge in [-0.15, -0.1) is 0 Å². The molecule has 1 heterocycles. The maximum absolute atomic E-state index is 13.3. The van der Waals surface area contributed by atoms with Gasteiger partial charge in [0, 0.05) is 25.6 Å². The Balaban J connectivity index is 1.70. The number of hydrogen-bond acceptors (Lipinski definition) is 5. The largest absolute Gasteiger partial charge is 0.352 e. The van der Waals surface area contributed by atoms with Crippen molar-refractivity contribution in [3.05, 3.63) is 65.5 Å². The lowest BCUT2D eigenvalue weighted by Crippen LogP contribution is -2.49. The van der Waals surface area contributed by atoms with Crippen LogP contribution in [0.25, 0.3) is 0 Å². The zero-order chi connectivity index (χ0) is 25.0. The number of nitrogens with zero attached hydrogens (tertiary/aromatic N) is 2. The quantitative estimate of drug-likeness (QED) is 0.583. The Morgan fingerprint density at radius 3 is 2.32 bits per heavy atom. The Bertz CT molecular complexity index is 1180. The molecule has 1 atom stereocenters. The smallest absolute Gasteiger partial charge is 0.269 e. The number of fused-ring (bicyclic) bond motifs is 1. The highest BCUT2D eigenvalue weighted by atomic mass is 32.2. The monoisotopic (exact) mass is 489 g/mol. The van der Waals surface area contributed by atoms with Crippen molar-refractivity contribution in [2.75, 3.05) is 6.54 Å². The highest BCUT2D eigenvalue weighted by Crippen LogP contribution is 2.30. The zero-order valence-corrected chi connectivity index (χ0v) is 20.1. The molecule has 0 saturated heterocycles. The summed E-state index contributed by atoms with van der Waals surface area (Å²) < 4.78 is 39.5. The average molecular weight is 490 g/mol. The summed E-state index contributed by atoms with van der Waals surface area (Å²) in [5.74, 6) is -1.74. The second-order valence-corrected chi connectivity index (χ2v) is 10.3. The van der Waals surface area contributed by atoms with Crippen LogP contribution < -0.4 is 5.32 Å². The minimum absolute atomic E-state index is 0.0387. The van der Waals surface area contributed by atoms with E-state index in [9.17, 15) is 27.2 Å². The van der Waals surface area contributed by atoms with Crippen LogP contribution in [0.2, 0.25) is 0 Å². The number of sulfonamides is 1. The van der Waals surface area contributed by atoms with Gasteiger partial charge in [-0.1, -0.05) is 24.3 Å². The van der Waals surface area contributed by atoms with Gasteiger partial charge in [0.1, 0.15) is 16.8 Å². The summed E-state index contributed by atoms with van der Waals surface area (Å²) >= 11 is 0. The van der Waals surface area contributed by atoms with Gasteiger partial charge in [-0.3, -0.25) is 14.4 Å². The van der Waals surface area contributed by atoms with Gasteiger partial charge in [-0.2, -0.15) is 0 Å². The number of amides is 3. The summed E-state index contributed by atoms with van der Waals surface area (Å²) in [5.41, 5.74) is 0.762. The normalized spacial score (nSPS) is 15.2. The Kier molecular flexibility index (Phi) is 7.71. The van der Waals surface area contributed by atoms with Crippen LogP contribution in [-0.4, -0.2) is 54.0 Å². The van der Waals surface area contributed by atoms with E-state index in [0.717, 1.165) is 4.31 Å². The van der Waals surface area contributed by atoms with Gasteiger partial charge < -0.3 is 10.2 Å². The SMILES string of the molecule is CC(C)NC(=O)[C@H](C)N(Cc1ccc(F)cc1)C(=O)CCCN1C(=O)c2ccccc2S1(=O)=O. The fourth-order valence-corrected chi connectivity index (χ4v) is 5.35. The second-order valence-electron chi connectivity index (χ2n) is 8.47. The lowest BCUT2D eigenvalue weighted by Gasteiger charge is -2.29. The molecule has 1 aliphatic heterocycles. The molecule has 182 valence electrons. The molecule has 2 aromatic carbocycles. The van der Waals surface area contributed by atoms with Gasteiger partial charge in [0.25, 0.3) is 15.9 Å². The first-order valence-corrected chi connectivity index (χ1v) is 12.5. The van der Waals surface area contributed by atoms with Crippen molar-refractivity contribution in [2.45, 2.75) is 57.1 Å². The molecule has 34 heavy (non-hydrogen) atoms. The number of hydrogen-bond donors (Lipinski definition) is 1. The van der Waals surface area contributed by atoms with E-state index in [2.05, 4.69) is 5.32 Å². The average Bonchev–Trinajstić information content (AvgIpc) is 2.98. The summed E-state index contributed by atoms with van der Waals surface area (Å²) in [7, 11) is -3.95. The van der Waals surface area contributed by atoms with E-state index in [1.165, 1.54) is 41.3 Å². The Morgan fingerprint density at radius 2 is 1.71 bits per heavy atom. The van der Waals surface area contributed by atoms with Gasteiger partial charge in [-0.05, 0) is 57.0 Å². The number of halogens is 1. The van der Waals surface area contributed by atoms with Crippen LogP contribution in [0.3, 0.4) is 0 Å². The number of rotatable bonds is 9. The van der Waals surface area contributed by atoms with Crippen molar-refractivity contribution in [3.8, 4) is 0 Å². The molecule has 0 spiro atoms. The summed E-state index contributed by atoms with van der Waals surface area (Å²) in [4.78, 5) is 39.6. The molecule has 3 rings (SSSR count). The van der Waals surface area contributed by atoms with Crippen LogP contribution in [0.4, 0.5) is 4.39 Å². The minimum atomic E-state index is -3.95. The molecule has 0 aromatic heterocycles. The van der Waals surface area contributed by atoms with Crippen LogP contribution >= 0.6 is 0 Å².